The molecule has 0 radical (unpaired) electrons. The molecule has 1 fully saturated rings. The molecule has 0 spiro atoms. The van der Waals surface area contributed by atoms with Gasteiger partial charge in [0.1, 0.15) is 17.4 Å². The minimum absolute atomic E-state index is 0.00389. The Morgan fingerprint density at radius 1 is 1.05 bits per heavy atom. The summed E-state index contributed by atoms with van der Waals surface area (Å²) in [5, 5.41) is 6.10. The average molecular weight is 616 g/mol. The van der Waals surface area contributed by atoms with Gasteiger partial charge in [-0.1, -0.05) is 19.9 Å². The van der Waals surface area contributed by atoms with E-state index in [1.54, 1.807) is 30.3 Å². The van der Waals surface area contributed by atoms with Crippen LogP contribution in [0.3, 0.4) is 0 Å². The Morgan fingerprint density at radius 2 is 1.77 bits per heavy atom. The number of carbonyl (C=O) groups is 3. The highest BCUT2D eigenvalue weighted by molar-refractivity contribution is 7.89. The number of sulfonamides is 1. The van der Waals surface area contributed by atoms with Gasteiger partial charge in [0.25, 0.3) is 5.91 Å². The summed E-state index contributed by atoms with van der Waals surface area (Å²) in [5.74, 6) is -0.245. The molecule has 4 rings (SSSR count). The Hall–Kier alpha value is -4.10. The van der Waals surface area contributed by atoms with E-state index in [9.17, 15) is 22.8 Å². The number of ether oxygens (including phenoxy) is 3. The number of fused-ring (bicyclic) bond motifs is 1. The Kier molecular flexibility index (Phi) is 9.97. The van der Waals surface area contributed by atoms with Gasteiger partial charge in [-0.05, 0) is 49.4 Å². The van der Waals surface area contributed by atoms with Gasteiger partial charge in [-0.3, -0.25) is 14.4 Å². The maximum Gasteiger partial charge on any atom is 0.287 e. The number of methoxy groups -OCH3 is 3. The number of ketones is 1. The van der Waals surface area contributed by atoms with Crippen LogP contribution < -0.4 is 24.8 Å². The summed E-state index contributed by atoms with van der Waals surface area (Å²) in [5.41, 5.74) is 0.408. The van der Waals surface area contributed by atoms with Crippen molar-refractivity contribution in [1.82, 2.24) is 14.9 Å². The third kappa shape index (κ3) is 7.28. The molecular formula is C30H37N3O9S. The lowest BCUT2D eigenvalue weighted by Gasteiger charge is -2.23. The van der Waals surface area contributed by atoms with E-state index in [1.165, 1.54) is 33.5 Å². The number of hydrogen-bond donors (Lipinski definition) is 2. The first kappa shape index (κ1) is 31.8. The van der Waals surface area contributed by atoms with Crippen LogP contribution in [0.4, 0.5) is 0 Å². The van der Waals surface area contributed by atoms with Gasteiger partial charge in [0.2, 0.25) is 15.9 Å². The minimum atomic E-state index is -3.97. The molecule has 1 aromatic heterocycles. The zero-order valence-electron chi connectivity index (χ0n) is 24.8. The Labute approximate surface area is 250 Å². The molecule has 232 valence electrons. The second kappa shape index (κ2) is 13.5. The predicted octanol–water partition coefficient (Wildman–Crippen LogP) is 3.14. The number of nitrogens with zero attached hydrogens (tertiary/aromatic N) is 1. The molecule has 43 heavy (non-hydrogen) atoms. The van der Waals surface area contributed by atoms with Crippen molar-refractivity contribution in [3.63, 3.8) is 0 Å². The van der Waals surface area contributed by atoms with Crippen molar-refractivity contribution < 1.29 is 41.4 Å². The average Bonchev–Trinajstić information content (AvgIpc) is 3.32. The van der Waals surface area contributed by atoms with Gasteiger partial charge in [-0.15, -0.1) is 0 Å². The number of benzene rings is 2. The molecule has 2 atom stereocenters. The summed E-state index contributed by atoms with van der Waals surface area (Å²) < 4.78 is 49.1. The predicted molar refractivity (Wildman–Crippen MR) is 158 cm³/mol. The van der Waals surface area contributed by atoms with Crippen molar-refractivity contribution in [3.05, 3.63) is 48.2 Å². The number of nitrogens with one attached hydrogen (secondary N) is 2. The van der Waals surface area contributed by atoms with E-state index in [0.29, 0.717) is 41.1 Å². The standard InChI is InChI=1S/C30H37N3O9S/c1-18(2)12-23(32-30(36)28-14-19-13-26(40-4)27(41-5)16-25(19)42-28)29(35)31-22-10-7-11-33(17-24(22)34)43(37,38)21-9-6-8-20(15-21)39-3/h6,8-9,13-16,18,22-23H,7,10-12,17H2,1-5H3,(H,31,35)(H,32,36)/t22-,23?/m0/s1. The van der Waals surface area contributed by atoms with Crippen molar-refractivity contribution in [3.8, 4) is 17.2 Å². The highest BCUT2D eigenvalue weighted by Crippen LogP contribution is 2.33. The van der Waals surface area contributed by atoms with E-state index in [4.69, 9.17) is 18.6 Å². The molecule has 12 nitrogen and oxygen atoms in total. The third-order valence-electron chi connectivity index (χ3n) is 7.19. The summed E-state index contributed by atoms with van der Waals surface area (Å²) in [6, 6.07) is 9.01. The molecule has 1 aliphatic rings. The summed E-state index contributed by atoms with van der Waals surface area (Å²) in [6.45, 7) is 3.54. The maximum absolute atomic E-state index is 13.4. The summed E-state index contributed by atoms with van der Waals surface area (Å²) in [7, 11) is 0.469. The van der Waals surface area contributed by atoms with E-state index in [2.05, 4.69) is 10.6 Å². The lowest BCUT2D eigenvalue weighted by atomic mass is 10.0. The number of Topliss-reactive ketones (excluding diaryl/α,β-unsaturated/α-hetero) is 1. The third-order valence-corrected chi connectivity index (χ3v) is 9.03. The van der Waals surface area contributed by atoms with E-state index < -0.39 is 46.2 Å². The normalized spacial score (nSPS) is 16.9. The Bertz CT molecular complexity index is 1560. The van der Waals surface area contributed by atoms with Crippen molar-refractivity contribution in [2.75, 3.05) is 34.4 Å². The number of hydrogen-bond acceptors (Lipinski definition) is 9. The van der Waals surface area contributed by atoms with Crippen LogP contribution in [0.5, 0.6) is 17.2 Å². The highest BCUT2D eigenvalue weighted by Gasteiger charge is 2.34. The topological polar surface area (TPSA) is 153 Å². The van der Waals surface area contributed by atoms with Crippen molar-refractivity contribution in [2.24, 2.45) is 5.92 Å². The largest absolute Gasteiger partial charge is 0.497 e. The molecule has 1 unspecified atom stereocenters. The first-order chi connectivity index (χ1) is 20.5. The highest BCUT2D eigenvalue weighted by atomic mass is 32.2. The molecule has 2 aromatic carbocycles. The van der Waals surface area contributed by atoms with Crippen LogP contribution >= 0.6 is 0 Å². The molecule has 13 heteroatoms. The summed E-state index contributed by atoms with van der Waals surface area (Å²) >= 11 is 0. The van der Waals surface area contributed by atoms with Crippen LogP contribution in [0.1, 0.15) is 43.7 Å². The van der Waals surface area contributed by atoms with Crippen LogP contribution in [-0.4, -0.2) is 76.8 Å². The van der Waals surface area contributed by atoms with Crippen molar-refractivity contribution in [2.45, 2.75) is 50.1 Å². The molecule has 1 saturated heterocycles. The fraction of sp³-hybridized carbons (Fsp3) is 0.433. The van der Waals surface area contributed by atoms with Gasteiger partial charge in [-0.2, -0.15) is 4.31 Å². The van der Waals surface area contributed by atoms with E-state index in [0.717, 1.165) is 4.31 Å². The monoisotopic (exact) mass is 615 g/mol. The number of furan rings is 1. The zero-order valence-corrected chi connectivity index (χ0v) is 25.7. The van der Waals surface area contributed by atoms with Crippen LogP contribution in [0.2, 0.25) is 0 Å². The molecule has 0 aliphatic carbocycles. The maximum atomic E-state index is 13.4. The molecule has 1 aliphatic heterocycles. The lowest BCUT2D eigenvalue weighted by molar-refractivity contribution is -0.129. The van der Waals surface area contributed by atoms with Crippen molar-refractivity contribution in [1.29, 1.82) is 0 Å². The molecule has 0 saturated carbocycles. The fourth-order valence-electron chi connectivity index (χ4n) is 4.95. The Morgan fingerprint density at radius 3 is 2.44 bits per heavy atom. The van der Waals surface area contributed by atoms with Gasteiger partial charge < -0.3 is 29.3 Å². The van der Waals surface area contributed by atoms with Gasteiger partial charge in [-0.25, -0.2) is 8.42 Å². The molecule has 2 amide bonds. The number of carbonyl (C=O) groups excluding carboxylic acids is 3. The van der Waals surface area contributed by atoms with Crippen LogP contribution in [0.25, 0.3) is 11.0 Å². The minimum Gasteiger partial charge on any atom is -0.497 e. The summed E-state index contributed by atoms with van der Waals surface area (Å²) in [4.78, 5) is 39.8. The van der Waals surface area contributed by atoms with Gasteiger partial charge in [0, 0.05) is 24.1 Å². The quantitative estimate of drug-likeness (QED) is 0.331. The van der Waals surface area contributed by atoms with E-state index >= 15 is 0 Å². The first-order valence-corrected chi connectivity index (χ1v) is 15.3. The fourth-order valence-corrected chi connectivity index (χ4v) is 6.43. The number of amides is 2. The van der Waals surface area contributed by atoms with E-state index in [1.807, 2.05) is 13.8 Å². The molecule has 0 bridgehead atoms. The lowest BCUT2D eigenvalue weighted by Crippen LogP contribution is -2.52. The second-order valence-electron chi connectivity index (χ2n) is 10.7. The zero-order chi connectivity index (χ0) is 31.3. The smallest absolute Gasteiger partial charge is 0.287 e. The molecule has 2 heterocycles. The SMILES string of the molecule is COc1cccc(S(=O)(=O)N2CCC[C@H](NC(=O)C(CC(C)C)NC(=O)c3cc4cc(OC)c(OC)cc4o3)C(=O)C2)c1. The Balaban J connectivity index is 1.46. The van der Waals surface area contributed by atoms with E-state index in [-0.39, 0.29) is 29.5 Å². The van der Waals surface area contributed by atoms with Crippen LogP contribution in [-0.2, 0) is 19.6 Å². The van der Waals surface area contributed by atoms with Gasteiger partial charge in [0.15, 0.2) is 23.0 Å². The molecule has 2 N–H and O–H groups in total. The first-order valence-electron chi connectivity index (χ1n) is 13.9. The number of rotatable bonds is 11. The van der Waals surface area contributed by atoms with Gasteiger partial charge >= 0.3 is 0 Å². The summed E-state index contributed by atoms with van der Waals surface area (Å²) in [6.07, 6.45) is 0.911. The molecular weight excluding hydrogens is 578 g/mol. The second-order valence-corrected chi connectivity index (χ2v) is 12.6. The van der Waals surface area contributed by atoms with Crippen LogP contribution in [0, 0.1) is 5.92 Å². The van der Waals surface area contributed by atoms with Gasteiger partial charge in [0.05, 0.1) is 38.8 Å². The molecule has 3 aromatic rings. The van der Waals surface area contributed by atoms with Crippen molar-refractivity contribution >= 4 is 38.6 Å². The van der Waals surface area contributed by atoms with Crippen LogP contribution in [0.15, 0.2) is 51.8 Å².